The number of nitro groups is 1. The predicted molar refractivity (Wildman–Crippen MR) is 119 cm³/mol. The van der Waals surface area contributed by atoms with E-state index >= 15 is 0 Å². The van der Waals surface area contributed by atoms with Crippen LogP contribution in [0.4, 0.5) is 11.4 Å². The third-order valence-electron chi connectivity index (χ3n) is 5.58. The molecule has 0 aromatic heterocycles. The number of esters is 1. The van der Waals surface area contributed by atoms with Crippen molar-refractivity contribution in [1.29, 1.82) is 0 Å². The molecule has 1 saturated heterocycles. The van der Waals surface area contributed by atoms with Gasteiger partial charge >= 0.3 is 11.7 Å². The number of nitro benzene ring substituents is 1. The van der Waals surface area contributed by atoms with E-state index in [1.807, 2.05) is 0 Å². The molecule has 0 saturated carbocycles. The van der Waals surface area contributed by atoms with Crippen LogP contribution >= 0.6 is 0 Å². The molecule has 2 unspecified atom stereocenters. The molecule has 2 atom stereocenters. The van der Waals surface area contributed by atoms with Gasteiger partial charge in [-0.2, -0.15) is 0 Å². The molecule has 3 rings (SSSR count). The second-order valence-electron chi connectivity index (χ2n) is 9.19. The molecule has 0 radical (unpaired) electrons. The Morgan fingerprint density at radius 3 is 2.64 bits per heavy atom. The van der Waals surface area contributed by atoms with Crippen LogP contribution in [0.3, 0.4) is 0 Å². The molecular formula is C23H32N2O8. The molecule has 0 aliphatic carbocycles. The first-order valence-electron chi connectivity index (χ1n) is 11.2. The third kappa shape index (κ3) is 6.20. The minimum absolute atomic E-state index is 0.0452. The number of ether oxygens (including phenoxy) is 4. The first-order valence-corrected chi connectivity index (χ1v) is 11.2. The second kappa shape index (κ2) is 10.5. The normalized spacial score (nSPS) is 21.2. The average Bonchev–Trinajstić information content (AvgIpc) is 2.88. The van der Waals surface area contributed by atoms with Crippen molar-refractivity contribution in [3.8, 4) is 5.75 Å². The Bertz CT molecular complexity index is 889. The topological polar surface area (TPSA) is 117 Å². The maximum Gasteiger partial charge on any atom is 0.319 e. The molecule has 0 bridgehead atoms. The molecule has 2 aliphatic heterocycles. The quantitative estimate of drug-likeness (QED) is 0.261. The maximum atomic E-state index is 13.5. The summed E-state index contributed by atoms with van der Waals surface area (Å²) in [4.78, 5) is 38.8. The Labute approximate surface area is 193 Å². The highest BCUT2D eigenvalue weighted by Gasteiger charge is 2.38. The van der Waals surface area contributed by atoms with Gasteiger partial charge in [0.05, 0.1) is 24.3 Å². The molecule has 1 aromatic rings. The highest BCUT2D eigenvalue weighted by atomic mass is 16.7. The zero-order chi connectivity index (χ0) is 24.2. The van der Waals surface area contributed by atoms with Crippen LogP contribution in [0.25, 0.3) is 0 Å². The summed E-state index contributed by atoms with van der Waals surface area (Å²) < 4.78 is 22.1. The van der Waals surface area contributed by atoms with Gasteiger partial charge in [-0.3, -0.25) is 19.7 Å². The van der Waals surface area contributed by atoms with Crippen LogP contribution in [0, 0.1) is 16.0 Å². The van der Waals surface area contributed by atoms with Gasteiger partial charge in [0.25, 0.3) is 0 Å². The molecule has 2 heterocycles. The van der Waals surface area contributed by atoms with Crippen LogP contribution in [0.15, 0.2) is 12.1 Å². The van der Waals surface area contributed by atoms with E-state index in [9.17, 15) is 19.7 Å². The molecule has 33 heavy (non-hydrogen) atoms. The predicted octanol–water partition coefficient (Wildman–Crippen LogP) is 3.38. The second-order valence-corrected chi connectivity index (χ2v) is 9.19. The number of carbonyl (C=O) groups excluding carboxylic acids is 2. The van der Waals surface area contributed by atoms with Gasteiger partial charge in [0.1, 0.15) is 11.5 Å². The summed E-state index contributed by atoms with van der Waals surface area (Å²) >= 11 is 0. The molecule has 1 aromatic carbocycles. The van der Waals surface area contributed by atoms with E-state index in [0.29, 0.717) is 24.3 Å². The van der Waals surface area contributed by atoms with E-state index in [4.69, 9.17) is 18.9 Å². The fourth-order valence-electron chi connectivity index (χ4n) is 4.03. The Kier molecular flexibility index (Phi) is 7.91. The number of nitrogens with zero attached hydrogens (tertiary/aromatic N) is 2. The lowest BCUT2D eigenvalue weighted by molar-refractivity contribution is -0.385. The number of rotatable bonds is 7. The van der Waals surface area contributed by atoms with E-state index in [1.165, 1.54) is 24.1 Å². The first-order chi connectivity index (χ1) is 15.6. The number of fused-ring (bicyclic) bond motifs is 1. The fourth-order valence-corrected chi connectivity index (χ4v) is 4.03. The van der Waals surface area contributed by atoms with Crippen molar-refractivity contribution in [1.82, 2.24) is 0 Å². The van der Waals surface area contributed by atoms with Crippen molar-refractivity contribution >= 4 is 23.3 Å². The maximum absolute atomic E-state index is 13.5. The van der Waals surface area contributed by atoms with E-state index in [0.717, 1.165) is 19.3 Å². The van der Waals surface area contributed by atoms with Gasteiger partial charge in [-0.15, -0.1) is 0 Å². The largest absolute Gasteiger partial charge is 0.490 e. The Balaban J connectivity index is 1.90. The number of benzene rings is 1. The Morgan fingerprint density at radius 2 is 2.03 bits per heavy atom. The van der Waals surface area contributed by atoms with Crippen molar-refractivity contribution in [3.05, 3.63) is 27.8 Å². The lowest BCUT2D eigenvalue weighted by atomic mass is 9.99. The van der Waals surface area contributed by atoms with Crippen LogP contribution in [0.5, 0.6) is 5.75 Å². The lowest BCUT2D eigenvalue weighted by Crippen LogP contribution is -2.43. The summed E-state index contributed by atoms with van der Waals surface area (Å²) in [6, 6.07) is 2.90. The molecule has 10 heteroatoms. The van der Waals surface area contributed by atoms with Crippen LogP contribution in [-0.2, 0) is 30.2 Å². The lowest BCUT2D eigenvalue weighted by Gasteiger charge is -2.28. The van der Waals surface area contributed by atoms with Gasteiger partial charge in [-0.05, 0) is 58.4 Å². The number of carbonyl (C=O) groups is 2. The average molecular weight is 465 g/mol. The standard InChI is InChI=1S/C23H32N2O8/c1-23(2,3)33-22(27)16-9-8-15-13-18(25(28)29)19(30-4)14-17(15)24(21(16)26)10-12-32-20-7-5-6-11-31-20/h13-14,16,20H,5-12H2,1-4H3. The zero-order valence-electron chi connectivity index (χ0n) is 19.6. The molecule has 0 spiro atoms. The van der Waals surface area contributed by atoms with Gasteiger partial charge in [0.2, 0.25) is 5.91 Å². The monoisotopic (exact) mass is 464 g/mol. The number of hydrogen-bond donors (Lipinski definition) is 0. The number of hydrogen-bond acceptors (Lipinski definition) is 8. The summed E-state index contributed by atoms with van der Waals surface area (Å²) in [5, 5.41) is 11.5. The highest BCUT2D eigenvalue weighted by Crippen LogP contribution is 2.39. The van der Waals surface area contributed by atoms with E-state index in [-0.39, 0.29) is 37.3 Å². The van der Waals surface area contributed by atoms with E-state index in [1.54, 1.807) is 20.8 Å². The Hall–Kier alpha value is -2.72. The highest BCUT2D eigenvalue weighted by molar-refractivity contribution is 6.07. The van der Waals surface area contributed by atoms with Crippen molar-refractivity contribution < 1.29 is 33.5 Å². The van der Waals surface area contributed by atoms with Gasteiger partial charge in [-0.25, -0.2) is 0 Å². The van der Waals surface area contributed by atoms with E-state index < -0.39 is 28.3 Å². The van der Waals surface area contributed by atoms with Gasteiger partial charge in [0, 0.05) is 25.3 Å². The summed E-state index contributed by atoms with van der Waals surface area (Å²) in [5.41, 5.74) is 0.133. The van der Waals surface area contributed by atoms with Crippen LogP contribution < -0.4 is 9.64 Å². The number of anilines is 1. The van der Waals surface area contributed by atoms with Crippen molar-refractivity contribution in [2.24, 2.45) is 5.92 Å². The zero-order valence-corrected chi connectivity index (χ0v) is 19.6. The number of aryl methyl sites for hydroxylation is 1. The van der Waals surface area contributed by atoms with Crippen LogP contribution in [0.2, 0.25) is 0 Å². The smallest absolute Gasteiger partial charge is 0.319 e. The number of methoxy groups -OCH3 is 1. The SMILES string of the molecule is COc1cc2c(cc1[N+](=O)[O-])CCC(C(=O)OC(C)(C)C)C(=O)N2CCOC1CCCCO1. The summed E-state index contributed by atoms with van der Waals surface area (Å²) in [7, 11) is 1.34. The van der Waals surface area contributed by atoms with Crippen LogP contribution in [-0.4, -0.2) is 55.6 Å². The Morgan fingerprint density at radius 1 is 1.27 bits per heavy atom. The molecule has 2 aliphatic rings. The molecule has 182 valence electrons. The molecule has 0 N–H and O–H groups in total. The molecule has 1 amide bonds. The van der Waals surface area contributed by atoms with Crippen molar-refractivity contribution in [2.75, 3.05) is 31.8 Å². The minimum atomic E-state index is -1.02. The first kappa shape index (κ1) is 24.9. The summed E-state index contributed by atoms with van der Waals surface area (Å²) in [6.07, 6.45) is 2.96. The molecule has 1 fully saturated rings. The summed E-state index contributed by atoms with van der Waals surface area (Å²) in [6.45, 7) is 6.21. The van der Waals surface area contributed by atoms with Gasteiger partial charge in [0.15, 0.2) is 12.0 Å². The van der Waals surface area contributed by atoms with E-state index in [2.05, 4.69) is 0 Å². The van der Waals surface area contributed by atoms with Crippen LogP contribution in [0.1, 0.15) is 52.0 Å². The van der Waals surface area contributed by atoms with Gasteiger partial charge in [-0.1, -0.05) is 0 Å². The third-order valence-corrected chi connectivity index (χ3v) is 5.58. The molecular weight excluding hydrogens is 432 g/mol. The minimum Gasteiger partial charge on any atom is -0.490 e. The van der Waals surface area contributed by atoms with Crippen molar-refractivity contribution in [2.45, 2.75) is 64.8 Å². The summed E-state index contributed by atoms with van der Waals surface area (Å²) in [5.74, 6) is -2.01. The van der Waals surface area contributed by atoms with Gasteiger partial charge < -0.3 is 23.8 Å². The fraction of sp³-hybridized carbons (Fsp3) is 0.652. The molecule has 10 nitrogen and oxygen atoms in total. The number of amides is 1. The van der Waals surface area contributed by atoms with Crippen molar-refractivity contribution in [3.63, 3.8) is 0 Å².